The molecule has 3 N–H and O–H groups in total. The standard InChI is InChI=1S/C11H18N4/c1-15-8-7-13-11-10(15)5-4-9(14-11)3-2-6-12/h4-5H,2-3,6-8,12H2,1H3,(H,13,14). The fourth-order valence-electron chi connectivity index (χ4n) is 1.82. The molecule has 0 spiro atoms. The third-order valence-electron chi connectivity index (χ3n) is 2.72. The van der Waals surface area contributed by atoms with Crippen molar-refractivity contribution in [2.45, 2.75) is 12.8 Å². The molecule has 15 heavy (non-hydrogen) atoms. The summed E-state index contributed by atoms with van der Waals surface area (Å²) < 4.78 is 0. The van der Waals surface area contributed by atoms with Gasteiger partial charge in [-0.3, -0.25) is 0 Å². The monoisotopic (exact) mass is 206 g/mol. The van der Waals surface area contributed by atoms with Crippen LogP contribution in [-0.2, 0) is 6.42 Å². The number of nitrogens with one attached hydrogen (secondary N) is 1. The number of hydrogen-bond donors (Lipinski definition) is 2. The van der Waals surface area contributed by atoms with Gasteiger partial charge in [-0.2, -0.15) is 0 Å². The van der Waals surface area contributed by atoms with Crippen molar-refractivity contribution in [1.82, 2.24) is 4.98 Å². The van der Waals surface area contributed by atoms with Gasteiger partial charge in [0.1, 0.15) is 5.82 Å². The van der Waals surface area contributed by atoms with E-state index >= 15 is 0 Å². The number of nitrogens with two attached hydrogens (primary N) is 1. The number of aromatic nitrogens is 1. The summed E-state index contributed by atoms with van der Waals surface area (Å²) in [4.78, 5) is 6.82. The van der Waals surface area contributed by atoms with Gasteiger partial charge >= 0.3 is 0 Å². The van der Waals surface area contributed by atoms with Crippen molar-refractivity contribution in [3.63, 3.8) is 0 Å². The minimum atomic E-state index is 0.728. The second-order valence-electron chi connectivity index (χ2n) is 3.91. The predicted molar refractivity (Wildman–Crippen MR) is 63.4 cm³/mol. The van der Waals surface area contributed by atoms with Crippen LogP contribution in [-0.4, -0.2) is 31.7 Å². The highest BCUT2D eigenvalue weighted by atomic mass is 15.2. The zero-order valence-electron chi connectivity index (χ0n) is 9.16. The molecule has 0 bridgehead atoms. The van der Waals surface area contributed by atoms with Crippen molar-refractivity contribution in [2.75, 3.05) is 36.9 Å². The molecular weight excluding hydrogens is 188 g/mol. The van der Waals surface area contributed by atoms with E-state index in [4.69, 9.17) is 5.73 Å². The van der Waals surface area contributed by atoms with E-state index in [0.717, 1.165) is 44.0 Å². The molecule has 0 saturated carbocycles. The van der Waals surface area contributed by atoms with Crippen LogP contribution in [0.5, 0.6) is 0 Å². The third kappa shape index (κ3) is 2.21. The van der Waals surface area contributed by atoms with Gasteiger partial charge in [-0.15, -0.1) is 0 Å². The lowest BCUT2D eigenvalue weighted by atomic mass is 10.2. The van der Waals surface area contributed by atoms with Crippen LogP contribution in [0, 0.1) is 0 Å². The van der Waals surface area contributed by atoms with Gasteiger partial charge in [0, 0.05) is 25.8 Å². The molecule has 1 aliphatic rings. The maximum absolute atomic E-state index is 5.48. The molecule has 2 heterocycles. The lowest BCUT2D eigenvalue weighted by Gasteiger charge is -2.27. The van der Waals surface area contributed by atoms with Crippen molar-refractivity contribution >= 4 is 11.5 Å². The van der Waals surface area contributed by atoms with Crippen molar-refractivity contribution in [3.8, 4) is 0 Å². The maximum atomic E-state index is 5.48. The highest BCUT2D eigenvalue weighted by molar-refractivity contribution is 5.67. The van der Waals surface area contributed by atoms with Gasteiger partial charge in [0.15, 0.2) is 0 Å². The summed E-state index contributed by atoms with van der Waals surface area (Å²) in [5.41, 5.74) is 7.80. The molecule has 0 radical (unpaired) electrons. The van der Waals surface area contributed by atoms with Gasteiger partial charge in [-0.25, -0.2) is 4.98 Å². The van der Waals surface area contributed by atoms with Crippen LogP contribution in [0.1, 0.15) is 12.1 Å². The van der Waals surface area contributed by atoms with E-state index in [2.05, 4.69) is 34.4 Å². The van der Waals surface area contributed by atoms with Crippen molar-refractivity contribution in [2.24, 2.45) is 5.73 Å². The van der Waals surface area contributed by atoms with Gasteiger partial charge in [0.05, 0.1) is 5.69 Å². The van der Waals surface area contributed by atoms with E-state index in [9.17, 15) is 0 Å². The molecule has 4 nitrogen and oxygen atoms in total. The second kappa shape index (κ2) is 4.49. The van der Waals surface area contributed by atoms with Crippen molar-refractivity contribution < 1.29 is 0 Å². The first-order valence-corrected chi connectivity index (χ1v) is 5.46. The Labute approximate surface area is 90.5 Å². The molecule has 82 valence electrons. The molecule has 4 heteroatoms. The number of likely N-dealkylation sites (N-methyl/N-ethyl adjacent to an activating group) is 1. The van der Waals surface area contributed by atoms with E-state index in [0.29, 0.717) is 0 Å². The summed E-state index contributed by atoms with van der Waals surface area (Å²) in [6.07, 6.45) is 1.97. The van der Waals surface area contributed by atoms with E-state index in [1.165, 1.54) is 5.69 Å². The van der Waals surface area contributed by atoms with Crippen LogP contribution in [0.2, 0.25) is 0 Å². The van der Waals surface area contributed by atoms with Crippen molar-refractivity contribution in [3.05, 3.63) is 17.8 Å². The summed E-state index contributed by atoms with van der Waals surface area (Å²) in [7, 11) is 2.10. The Morgan fingerprint density at radius 2 is 2.40 bits per heavy atom. The van der Waals surface area contributed by atoms with Gasteiger partial charge < -0.3 is 16.0 Å². The third-order valence-corrected chi connectivity index (χ3v) is 2.72. The number of aryl methyl sites for hydroxylation is 1. The van der Waals surface area contributed by atoms with E-state index in [1.807, 2.05) is 0 Å². The molecule has 0 aromatic carbocycles. The van der Waals surface area contributed by atoms with E-state index in [1.54, 1.807) is 0 Å². The smallest absolute Gasteiger partial charge is 0.149 e. The zero-order valence-corrected chi connectivity index (χ0v) is 9.16. The van der Waals surface area contributed by atoms with Crippen LogP contribution in [0.4, 0.5) is 11.5 Å². The topological polar surface area (TPSA) is 54.2 Å². The second-order valence-corrected chi connectivity index (χ2v) is 3.91. The van der Waals surface area contributed by atoms with Crippen LogP contribution in [0.25, 0.3) is 0 Å². The fourth-order valence-corrected chi connectivity index (χ4v) is 1.82. The van der Waals surface area contributed by atoms with Crippen LogP contribution >= 0.6 is 0 Å². The first-order chi connectivity index (χ1) is 7.31. The summed E-state index contributed by atoms with van der Waals surface area (Å²) in [5, 5.41) is 3.33. The lowest BCUT2D eigenvalue weighted by molar-refractivity contribution is 0.802. The average molecular weight is 206 g/mol. The quantitative estimate of drug-likeness (QED) is 0.769. The SMILES string of the molecule is CN1CCNc2nc(CCCN)ccc21. The van der Waals surface area contributed by atoms with Crippen LogP contribution < -0.4 is 16.0 Å². The number of fused-ring (bicyclic) bond motifs is 1. The highest BCUT2D eigenvalue weighted by Crippen LogP contribution is 2.25. The van der Waals surface area contributed by atoms with Crippen LogP contribution in [0.15, 0.2) is 12.1 Å². The van der Waals surface area contributed by atoms with Crippen molar-refractivity contribution in [1.29, 1.82) is 0 Å². The molecule has 0 aliphatic carbocycles. The maximum Gasteiger partial charge on any atom is 0.149 e. The molecule has 0 unspecified atom stereocenters. The average Bonchev–Trinajstić information content (AvgIpc) is 2.26. The molecule has 0 atom stereocenters. The molecule has 1 aliphatic heterocycles. The fraction of sp³-hybridized carbons (Fsp3) is 0.545. The predicted octanol–water partition coefficient (Wildman–Crippen LogP) is 0.835. The normalized spacial score (nSPS) is 14.7. The molecule has 2 rings (SSSR count). The lowest BCUT2D eigenvalue weighted by Crippen LogP contribution is -2.31. The minimum Gasteiger partial charge on any atom is -0.370 e. The van der Waals surface area contributed by atoms with E-state index in [-0.39, 0.29) is 0 Å². The zero-order chi connectivity index (χ0) is 10.7. The number of rotatable bonds is 3. The number of hydrogen-bond acceptors (Lipinski definition) is 4. The largest absolute Gasteiger partial charge is 0.370 e. The summed E-state index contributed by atoms with van der Waals surface area (Å²) in [5.74, 6) is 1.01. The number of nitrogens with zero attached hydrogens (tertiary/aromatic N) is 2. The Hall–Kier alpha value is -1.29. The first-order valence-electron chi connectivity index (χ1n) is 5.46. The molecule has 0 saturated heterocycles. The summed E-state index contributed by atoms with van der Waals surface area (Å²) in [6, 6.07) is 4.23. The molecule has 1 aromatic rings. The Morgan fingerprint density at radius 3 is 3.20 bits per heavy atom. The minimum absolute atomic E-state index is 0.728. The molecule has 0 amide bonds. The van der Waals surface area contributed by atoms with Gasteiger partial charge in [0.2, 0.25) is 0 Å². The van der Waals surface area contributed by atoms with Gasteiger partial charge in [-0.1, -0.05) is 0 Å². The van der Waals surface area contributed by atoms with Gasteiger partial charge in [-0.05, 0) is 31.5 Å². The number of anilines is 2. The first kappa shape index (κ1) is 10.2. The van der Waals surface area contributed by atoms with E-state index < -0.39 is 0 Å². The molecular formula is C11H18N4. The molecule has 1 aromatic heterocycles. The summed E-state index contributed by atoms with van der Waals surface area (Å²) in [6.45, 7) is 2.74. The number of pyridine rings is 1. The highest BCUT2D eigenvalue weighted by Gasteiger charge is 2.14. The Morgan fingerprint density at radius 1 is 1.53 bits per heavy atom. The Kier molecular flexibility index (Phi) is 3.06. The van der Waals surface area contributed by atoms with Gasteiger partial charge in [0.25, 0.3) is 0 Å². The molecule has 0 fully saturated rings. The summed E-state index contributed by atoms with van der Waals surface area (Å²) >= 11 is 0. The Bertz CT molecular complexity index is 337. The van der Waals surface area contributed by atoms with Crippen LogP contribution in [0.3, 0.4) is 0 Å². The Balaban J connectivity index is 2.18.